The van der Waals surface area contributed by atoms with E-state index in [9.17, 15) is 4.79 Å². The molecule has 5 nitrogen and oxygen atoms in total. The number of benzene rings is 1. The summed E-state index contributed by atoms with van der Waals surface area (Å²) in [6.45, 7) is 4.21. The standard InChI is InChI=1S/C16H17N3O2S/c1-10(16(20)17-9-13-4-3-7-22-13)18-12-5-6-15-14(8-12)19-11(2)21-15/h3-8,10,18H,9H2,1-2H3,(H,17,20). The van der Waals surface area contributed by atoms with E-state index in [1.807, 2.05) is 49.6 Å². The van der Waals surface area contributed by atoms with Crippen molar-refractivity contribution in [1.82, 2.24) is 10.3 Å². The van der Waals surface area contributed by atoms with Crippen LogP contribution in [0.1, 0.15) is 17.7 Å². The van der Waals surface area contributed by atoms with E-state index in [0.29, 0.717) is 12.4 Å². The molecule has 1 aromatic carbocycles. The number of hydrogen-bond acceptors (Lipinski definition) is 5. The number of carbonyl (C=O) groups excluding carboxylic acids is 1. The van der Waals surface area contributed by atoms with Gasteiger partial charge in [-0.2, -0.15) is 0 Å². The Morgan fingerprint density at radius 2 is 2.27 bits per heavy atom. The average molecular weight is 315 g/mol. The number of oxazole rings is 1. The van der Waals surface area contributed by atoms with Crippen LogP contribution in [-0.4, -0.2) is 16.9 Å². The molecule has 0 aliphatic carbocycles. The highest BCUT2D eigenvalue weighted by Crippen LogP contribution is 2.20. The highest BCUT2D eigenvalue weighted by molar-refractivity contribution is 7.09. The topological polar surface area (TPSA) is 67.2 Å². The van der Waals surface area contributed by atoms with Crippen LogP contribution in [0.15, 0.2) is 40.1 Å². The zero-order chi connectivity index (χ0) is 15.5. The Balaban J connectivity index is 1.61. The first-order valence-corrected chi connectivity index (χ1v) is 7.93. The number of thiophene rings is 1. The second-order valence-corrected chi connectivity index (χ2v) is 6.11. The number of fused-ring (bicyclic) bond motifs is 1. The van der Waals surface area contributed by atoms with Gasteiger partial charge in [-0.1, -0.05) is 6.07 Å². The van der Waals surface area contributed by atoms with Crippen molar-refractivity contribution in [3.8, 4) is 0 Å². The number of anilines is 1. The number of aromatic nitrogens is 1. The maximum Gasteiger partial charge on any atom is 0.242 e. The molecule has 1 unspecified atom stereocenters. The van der Waals surface area contributed by atoms with Crippen LogP contribution in [0, 0.1) is 6.92 Å². The van der Waals surface area contributed by atoms with Crippen molar-refractivity contribution >= 4 is 34.0 Å². The molecular weight excluding hydrogens is 298 g/mol. The van der Waals surface area contributed by atoms with Crippen LogP contribution < -0.4 is 10.6 Å². The zero-order valence-corrected chi connectivity index (χ0v) is 13.2. The lowest BCUT2D eigenvalue weighted by Gasteiger charge is -2.14. The number of amides is 1. The summed E-state index contributed by atoms with van der Waals surface area (Å²) in [5.74, 6) is 0.596. The van der Waals surface area contributed by atoms with Crippen LogP contribution in [0.3, 0.4) is 0 Å². The van der Waals surface area contributed by atoms with Crippen LogP contribution >= 0.6 is 11.3 Å². The Hall–Kier alpha value is -2.34. The van der Waals surface area contributed by atoms with Gasteiger partial charge in [0.2, 0.25) is 5.91 Å². The van der Waals surface area contributed by atoms with Crippen molar-refractivity contribution in [1.29, 1.82) is 0 Å². The SMILES string of the molecule is Cc1nc2cc(NC(C)C(=O)NCc3cccs3)ccc2o1. The van der Waals surface area contributed by atoms with E-state index in [0.717, 1.165) is 21.7 Å². The summed E-state index contributed by atoms with van der Waals surface area (Å²) >= 11 is 1.63. The number of hydrogen-bond donors (Lipinski definition) is 2. The summed E-state index contributed by atoms with van der Waals surface area (Å²) in [4.78, 5) is 17.5. The normalized spacial score (nSPS) is 12.3. The quantitative estimate of drug-likeness (QED) is 0.758. The predicted octanol–water partition coefficient (Wildman–Crippen LogP) is 3.31. The van der Waals surface area contributed by atoms with Crippen molar-refractivity contribution in [3.05, 3.63) is 46.5 Å². The molecule has 0 radical (unpaired) electrons. The molecule has 1 atom stereocenters. The molecule has 0 saturated carbocycles. The fourth-order valence-electron chi connectivity index (χ4n) is 2.19. The van der Waals surface area contributed by atoms with Gasteiger partial charge in [0.25, 0.3) is 0 Å². The third kappa shape index (κ3) is 3.28. The van der Waals surface area contributed by atoms with Gasteiger partial charge in [-0.15, -0.1) is 11.3 Å². The first kappa shape index (κ1) is 14.6. The number of carbonyl (C=O) groups is 1. The van der Waals surface area contributed by atoms with Crippen LogP contribution in [0.25, 0.3) is 11.1 Å². The summed E-state index contributed by atoms with van der Waals surface area (Å²) in [5.41, 5.74) is 2.38. The summed E-state index contributed by atoms with van der Waals surface area (Å²) in [5, 5.41) is 8.10. The molecule has 22 heavy (non-hydrogen) atoms. The van der Waals surface area contributed by atoms with Crippen LogP contribution in [0.4, 0.5) is 5.69 Å². The van der Waals surface area contributed by atoms with Gasteiger partial charge < -0.3 is 15.1 Å². The lowest BCUT2D eigenvalue weighted by Crippen LogP contribution is -2.37. The molecule has 0 bridgehead atoms. The fraction of sp³-hybridized carbons (Fsp3) is 0.250. The van der Waals surface area contributed by atoms with Crippen molar-refractivity contribution in [3.63, 3.8) is 0 Å². The summed E-state index contributed by atoms with van der Waals surface area (Å²) in [6.07, 6.45) is 0. The first-order valence-electron chi connectivity index (χ1n) is 7.05. The third-order valence-corrected chi connectivity index (χ3v) is 4.16. The molecule has 114 valence electrons. The van der Waals surface area contributed by atoms with E-state index in [1.165, 1.54) is 0 Å². The minimum atomic E-state index is -0.328. The molecule has 0 aliphatic rings. The second kappa shape index (κ2) is 6.19. The number of aryl methyl sites for hydroxylation is 1. The van der Waals surface area contributed by atoms with Crippen molar-refractivity contribution in [2.24, 2.45) is 0 Å². The van der Waals surface area contributed by atoms with Gasteiger partial charge >= 0.3 is 0 Å². The van der Waals surface area contributed by atoms with Gasteiger partial charge in [-0.3, -0.25) is 4.79 Å². The summed E-state index contributed by atoms with van der Waals surface area (Å²) in [6, 6.07) is 9.27. The molecule has 0 saturated heterocycles. The molecule has 2 N–H and O–H groups in total. The zero-order valence-electron chi connectivity index (χ0n) is 12.4. The fourth-order valence-corrected chi connectivity index (χ4v) is 2.83. The number of nitrogens with one attached hydrogen (secondary N) is 2. The molecule has 0 spiro atoms. The molecule has 2 heterocycles. The number of nitrogens with zero attached hydrogens (tertiary/aromatic N) is 1. The van der Waals surface area contributed by atoms with Gasteiger partial charge in [-0.05, 0) is 36.6 Å². The van der Waals surface area contributed by atoms with E-state index in [4.69, 9.17) is 4.42 Å². The maximum absolute atomic E-state index is 12.1. The molecule has 0 aliphatic heterocycles. The van der Waals surface area contributed by atoms with Crippen LogP contribution in [-0.2, 0) is 11.3 Å². The third-order valence-electron chi connectivity index (χ3n) is 3.29. The molecule has 0 fully saturated rings. The van der Waals surface area contributed by atoms with Crippen LogP contribution in [0.2, 0.25) is 0 Å². The lowest BCUT2D eigenvalue weighted by molar-refractivity contribution is -0.121. The first-order chi connectivity index (χ1) is 10.6. The molecule has 6 heteroatoms. The van der Waals surface area contributed by atoms with Gasteiger partial charge in [0.15, 0.2) is 11.5 Å². The lowest BCUT2D eigenvalue weighted by atomic mass is 10.2. The minimum absolute atomic E-state index is 0.0372. The minimum Gasteiger partial charge on any atom is -0.441 e. The predicted molar refractivity (Wildman–Crippen MR) is 88.0 cm³/mol. The molecule has 3 aromatic rings. The monoisotopic (exact) mass is 315 g/mol. The average Bonchev–Trinajstić information content (AvgIpc) is 3.12. The summed E-state index contributed by atoms with van der Waals surface area (Å²) in [7, 11) is 0. The van der Waals surface area contributed by atoms with Gasteiger partial charge in [0.05, 0.1) is 6.54 Å². The van der Waals surface area contributed by atoms with E-state index < -0.39 is 0 Å². The van der Waals surface area contributed by atoms with Gasteiger partial charge in [0, 0.05) is 17.5 Å². The van der Waals surface area contributed by atoms with Crippen LogP contribution in [0.5, 0.6) is 0 Å². The molecule has 1 amide bonds. The Labute approximate surface area is 132 Å². The molecule has 3 rings (SSSR count). The van der Waals surface area contributed by atoms with Crippen molar-refractivity contribution in [2.75, 3.05) is 5.32 Å². The Morgan fingerprint density at radius 1 is 1.41 bits per heavy atom. The van der Waals surface area contributed by atoms with E-state index in [2.05, 4.69) is 15.6 Å². The van der Waals surface area contributed by atoms with Crippen molar-refractivity contribution < 1.29 is 9.21 Å². The Morgan fingerprint density at radius 3 is 3.05 bits per heavy atom. The Kier molecular flexibility index (Phi) is 4.11. The largest absolute Gasteiger partial charge is 0.441 e. The Bertz CT molecular complexity index is 780. The van der Waals surface area contributed by atoms with E-state index in [1.54, 1.807) is 11.3 Å². The summed E-state index contributed by atoms with van der Waals surface area (Å²) < 4.78 is 5.44. The highest BCUT2D eigenvalue weighted by Gasteiger charge is 2.13. The highest BCUT2D eigenvalue weighted by atomic mass is 32.1. The van der Waals surface area contributed by atoms with Crippen molar-refractivity contribution in [2.45, 2.75) is 26.4 Å². The molecular formula is C16H17N3O2S. The maximum atomic E-state index is 12.1. The van der Waals surface area contributed by atoms with Gasteiger partial charge in [-0.25, -0.2) is 4.98 Å². The van der Waals surface area contributed by atoms with E-state index >= 15 is 0 Å². The number of rotatable bonds is 5. The molecule has 2 aromatic heterocycles. The second-order valence-electron chi connectivity index (χ2n) is 5.08. The van der Waals surface area contributed by atoms with Gasteiger partial charge in [0.1, 0.15) is 11.6 Å². The van der Waals surface area contributed by atoms with E-state index in [-0.39, 0.29) is 11.9 Å². The smallest absolute Gasteiger partial charge is 0.242 e.